The standard InChI is InChI=1S/C9H12N4O/c1-6-3-4-14-9(6)8(10)7-5-11-12-13(7)2/h3-5,8H,10H2,1-2H3. The number of furan rings is 1. The molecule has 2 rings (SSSR count). The average molecular weight is 192 g/mol. The summed E-state index contributed by atoms with van der Waals surface area (Å²) in [6.45, 7) is 1.96. The molecular formula is C9H12N4O. The highest BCUT2D eigenvalue weighted by Gasteiger charge is 2.17. The van der Waals surface area contributed by atoms with Gasteiger partial charge in [0.1, 0.15) is 11.8 Å². The van der Waals surface area contributed by atoms with Gasteiger partial charge in [-0.25, -0.2) is 0 Å². The van der Waals surface area contributed by atoms with E-state index < -0.39 is 0 Å². The molecule has 1 unspecified atom stereocenters. The zero-order valence-corrected chi connectivity index (χ0v) is 8.14. The Bertz CT molecular complexity index is 391. The molecule has 0 aliphatic carbocycles. The maximum atomic E-state index is 6.01. The SMILES string of the molecule is Cc1ccoc1C(N)c1cnnn1C. The third kappa shape index (κ3) is 1.31. The van der Waals surface area contributed by atoms with Gasteiger partial charge < -0.3 is 10.2 Å². The van der Waals surface area contributed by atoms with Crippen LogP contribution in [0, 0.1) is 6.92 Å². The van der Waals surface area contributed by atoms with Crippen molar-refractivity contribution in [1.29, 1.82) is 0 Å². The van der Waals surface area contributed by atoms with Gasteiger partial charge in [-0.2, -0.15) is 0 Å². The highest BCUT2D eigenvalue weighted by atomic mass is 16.3. The van der Waals surface area contributed by atoms with Gasteiger partial charge in [0.15, 0.2) is 0 Å². The smallest absolute Gasteiger partial charge is 0.129 e. The predicted octanol–water partition coefficient (Wildman–Crippen LogP) is 0.765. The number of hydrogen-bond donors (Lipinski definition) is 1. The van der Waals surface area contributed by atoms with Crippen LogP contribution in [0.5, 0.6) is 0 Å². The molecule has 5 nitrogen and oxygen atoms in total. The van der Waals surface area contributed by atoms with Crippen molar-refractivity contribution < 1.29 is 4.42 Å². The van der Waals surface area contributed by atoms with Crippen LogP contribution in [0.3, 0.4) is 0 Å². The molecule has 2 heterocycles. The first-order valence-corrected chi connectivity index (χ1v) is 4.34. The van der Waals surface area contributed by atoms with Crippen molar-refractivity contribution in [2.45, 2.75) is 13.0 Å². The lowest BCUT2D eigenvalue weighted by Crippen LogP contribution is -2.16. The second kappa shape index (κ2) is 3.26. The number of rotatable bonds is 2. The van der Waals surface area contributed by atoms with Crippen LogP contribution < -0.4 is 5.73 Å². The van der Waals surface area contributed by atoms with Crippen LogP contribution >= 0.6 is 0 Å². The first-order chi connectivity index (χ1) is 6.70. The van der Waals surface area contributed by atoms with Crippen molar-refractivity contribution in [3.63, 3.8) is 0 Å². The van der Waals surface area contributed by atoms with Crippen molar-refractivity contribution in [2.24, 2.45) is 12.8 Å². The summed E-state index contributed by atoms with van der Waals surface area (Å²) in [5, 5.41) is 7.60. The summed E-state index contributed by atoms with van der Waals surface area (Å²) in [5.74, 6) is 0.760. The highest BCUT2D eigenvalue weighted by molar-refractivity contribution is 5.24. The van der Waals surface area contributed by atoms with Crippen molar-refractivity contribution >= 4 is 0 Å². The molecule has 0 saturated carbocycles. The van der Waals surface area contributed by atoms with Crippen LogP contribution in [0.4, 0.5) is 0 Å². The minimum Gasteiger partial charge on any atom is -0.467 e. The number of hydrogen-bond acceptors (Lipinski definition) is 4. The second-order valence-corrected chi connectivity index (χ2v) is 3.23. The molecule has 2 aromatic rings. The fourth-order valence-electron chi connectivity index (χ4n) is 1.42. The van der Waals surface area contributed by atoms with Crippen molar-refractivity contribution in [1.82, 2.24) is 15.0 Å². The van der Waals surface area contributed by atoms with Gasteiger partial charge in [0.2, 0.25) is 0 Å². The summed E-state index contributed by atoms with van der Waals surface area (Å²) >= 11 is 0. The molecule has 0 saturated heterocycles. The van der Waals surface area contributed by atoms with Crippen LogP contribution in [0.2, 0.25) is 0 Å². The Labute approximate surface area is 81.5 Å². The molecule has 0 bridgehead atoms. The monoisotopic (exact) mass is 192 g/mol. The Morgan fingerprint density at radius 1 is 1.57 bits per heavy atom. The molecule has 14 heavy (non-hydrogen) atoms. The maximum absolute atomic E-state index is 6.01. The van der Waals surface area contributed by atoms with Crippen LogP contribution in [-0.4, -0.2) is 15.0 Å². The largest absolute Gasteiger partial charge is 0.467 e. The molecular weight excluding hydrogens is 180 g/mol. The summed E-state index contributed by atoms with van der Waals surface area (Å²) < 4.78 is 6.96. The lowest BCUT2D eigenvalue weighted by Gasteiger charge is -2.08. The third-order valence-corrected chi connectivity index (χ3v) is 2.25. The van der Waals surface area contributed by atoms with Crippen molar-refractivity contribution in [3.8, 4) is 0 Å². The molecule has 1 atom stereocenters. The molecule has 5 heteroatoms. The fraction of sp³-hybridized carbons (Fsp3) is 0.333. The zero-order chi connectivity index (χ0) is 10.1. The van der Waals surface area contributed by atoms with Gasteiger partial charge in [-0.15, -0.1) is 5.10 Å². The normalized spacial score (nSPS) is 13.1. The van der Waals surface area contributed by atoms with E-state index in [-0.39, 0.29) is 6.04 Å². The first kappa shape index (κ1) is 8.96. The molecule has 0 aromatic carbocycles. The molecule has 0 aliphatic rings. The predicted molar refractivity (Wildman–Crippen MR) is 50.5 cm³/mol. The Balaban J connectivity index is 2.38. The van der Waals surface area contributed by atoms with Gasteiger partial charge in [0.05, 0.1) is 18.2 Å². The lowest BCUT2D eigenvalue weighted by molar-refractivity contribution is 0.475. The van der Waals surface area contributed by atoms with E-state index in [4.69, 9.17) is 10.2 Å². The van der Waals surface area contributed by atoms with E-state index in [9.17, 15) is 0 Å². The Morgan fingerprint density at radius 2 is 2.36 bits per heavy atom. The summed E-state index contributed by atoms with van der Waals surface area (Å²) in [6.07, 6.45) is 3.28. The average Bonchev–Trinajstić information content (AvgIpc) is 2.73. The van der Waals surface area contributed by atoms with Gasteiger partial charge in [-0.05, 0) is 18.6 Å². The molecule has 0 aliphatic heterocycles. The maximum Gasteiger partial charge on any atom is 0.129 e. The Kier molecular flexibility index (Phi) is 2.09. The van der Waals surface area contributed by atoms with Gasteiger partial charge >= 0.3 is 0 Å². The van der Waals surface area contributed by atoms with E-state index in [1.54, 1.807) is 24.2 Å². The molecule has 74 valence electrons. The van der Waals surface area contributed by atoms with E-state index in [0.29, 0.717) is 0 Å². The van der Waals surface area contributed by atoms with E-state index in [1.165, 1.54) is 0 Å². The van der Waals surface area contributed by atoms with Gasteiger partial charge in [-0.3, -0.25) is 4.68 Å². The number of aromatic nitrogens is 3. The summed E-state index contributed by atoms with van der Waals surface area (Å²) in [6, 6.07) is 1.59. The van der Waals surface area contributed by atoms with Gasteiger partial charge in [0.25, 0.3) is 0 Å². The lowest BCUT2D eigenvalue weighted by atomic mass is 10.1. The molecule has 2 aromatic heterocycles. The fourth-order valence-corrected chi connectivity index (χ4v) is 1.42. The summed E-state index contributed by atoms with van der Waals surface area (Å²) in [4.78, 5) is 0. The molecule has 0 fully saturated rings. The van der Waals surface area contributed by atoms with Crippen LogP contribution in [-0.2, 0) is 7.05 Å². The van der Waals surface area contributed by atoms with Gasteiger partial charge in [0, 0.05) is 7.05 Å². The molecule has 2 N–H and O–H groups in total. The van der Waals surface area contributed by atoms with E-state index in [0.717, 1.165) is 17.0 Å². The third-order valence-electron chi connectivity index (χ3n) is 2.25. The minimum atomic E-state index is -0.301. The van der Waals surface area contributed by atoms with Gasteiger partial charge in [-0.1, -0.05) is 5.21 Å². The Hall–Kier alpha value is -1.62. The quantitative estimate of drug-likeness (QED) is 0.762. The van der Waals surface area contributed by atoms with E-state index >= 15 is 0 Å². The number of nitrogens with two attached hydrogens (primary N) is 1. The number of aryl methyl sites for hydroxylation is 2. The number of nitrogens with zero attached hydrogens (tertiary/aromatic N) is 3. The van der Waals surface area contributed by atoms with Crippen molar-refractivity contribution in [2.75, 3.05) is 0 Å². The topological polar surface area (TPSA) is 69.9 Å². The summed E-state index contributed by atoms with van der Waals surface area (Å²) in [7, 11) is 1.81. The first-order valence-electron chi connectivity index (χ1n) is 4.34. The highest BCUT2D eigenvalue weighted by Crippen LogP contribution is 2.21. The molecule has 0 radical (unpaired) electrons. The van der Waals surface area contributed by atoms with E-state index in [2.05, 4.69) is 10.3 Å². The zero-order valence-electron chi connectivity index (χ0n) is 8.14. The van der Waals surface area contributed by atoms with E-state index in [1.807, 2.05) is 13.0 Å². The van der Waals surface area contributed by atoms with Crippen LogP contribution in [0.1, 0.15) is 23.1 Å². The van der Waals surface area contributed by atoms with Crippen LogP contribution in [0.15, 0.2) is 22.9 Å². The minimum absolute atomic E-state index is 0.301. The van der Waals surface area contributed by atoms with Crippen molar-refractivity contribution in [3.05, 3.63) is 35.5 Å². The van der Waals surface area contributed by atoms with Crippen LogP contribution in [0.25, 0.3) is 0 Å². The Morgan fingerprint density at radius 3 is 2.86 bits per heavy atom. The molecule has 0 spiro atoms. The molecule has 0 amide bonds. The second-order valence-electron chi connectivity index (χ2n) is 3.23. The summed E-state index contributed by atoms with van der Waals surface area (Å²) in [5.41, 5.74) is 7.89.